The molecule has 0 spiro atoms. The highest BCUT2D eigenvalue weighted by atomic mass is 16.1. The second kappa shape index (κ2) is 7.56. The maximum Gasteiger partial charge on any atom is 0.275 e. The molecule has 140 valence electrons. The van der Waals surface area contributed by atoms with Gasteiger partial charge in [0, 0.05) is 25.1 Å². The summed E-state index contributed by atoms with van der Waals surface area (Å²) < 4.78 is 1.91. The highest BCUT2D eigenvalue weighted by Crippen LogP contribution is 2.21. The summed E-state index contributed by atoms with van der Waals surface area (Å²) in [5.41, 5.74) is 2.21. The van der Waals surface area contributed by atoms with E-state index in [0.717, 1.165) is 28.7 Å². The predicted molar refractivity (Wildman–Crippen MR) is 107 cm³/mol. The Hall–Kier alpha value is -3.61. The lowest BCUT2D eigenvalue weighted by atomic mass is 9.98. The zero-order chi connectivity index (χ0) is 19.5. The summed E-state index contributed by atoms with van der Waals surface area (Å²) in [5, 5.41) is 11.9. The highest BCUT2D eigenvalue weighted by Gasteiger charge is 2.13. The van der Waals surface area contributed by atoms with Crippen molar-refractivity contribution in [1.29, 1.82) is 0 Å². The number of carbonyl (C=O) groups excluding carboxylic acids is 1. The van der Waals surface area contributed by atoms with Crippen molar-refractivity contribution in [2.45, 2.75) is 19.3 Å². The van der Waals surface area contributed by atoms with Crippen LogP contribution in [-0.2, 0) is 13.5 Å². The molecule has 1 amide bonds. The van der Waals surface area contributed by atoms with Crippen LogP contribution < -0.4 is 5.32 Å². The van der Waals surface area contributed by atoms with Gasteiger partial charge in [-0.3, -0.25) is 4.79 Å². The monoisotopic (exact) mass is 372 g/mol. The van der Waals surface area contributed by atoms with E-state index in [2.05, 4.69) is 32.4 Å². The Bertz CT molecular complexity index is 1140. The molecule has 0 aliphatic carbocycles. The quantitative estimate of drug-likeness (QED) is 0.581. The summed E-state index contributed by atoms with van der Waals surface area (Å²) in [6.07, 6.45) is 4.14. The van der Waals surface area contributed by atoms with Crippen LogP contribution in [0.2, 0.25) is 0 Å². The summed E-state index contributed by atoms with van der Waals surface area (Å²) in [6, 6.07) is 15.2. The number of nitrogens with one attached hydrogen (secondary N) is 1. The van der Waals surface area contributed by atoms with Gasteiger partial charge in [0.2, 0.25) is 0 Å². The van der Waals surface area contributed by atoms with Crippen LogP contribution in [0.25, 0.3) is 10.9 Å². The summed E-state index contributed by atoms with van der Waals surface area (Å²) in [5.74, 6) is 1.34. The molecule has 0 aliphatic rings. The molecular weight excluding hydrogens is 352 g/mol. The predicted octanol–water partition coefficient (Wildman–Crippen LogP) is 3.36. The van der Waals surface area contributed by atoms with Crippen LogP contribution in [-0.4, -0.2) is 30.6 Å². The summed E-state index contributed by atoms with van der Waals surface area (Å²) in [6.45, 7) is 2.11. The number of aryl methyl sites for hydroxylation is 1. The topological polar surface area (TPSA) is 85.6 Å². The number of hydrogen-bond acceptors (Lipinski definition) is 5. The Kier molecular flexibility index (Phi) is 4.80. The second-order valence-corrected chi connectivity index (χ2v) is 6.78. The van der Waals surface area contributed by atoms with Gasteiger partial charge in [-0.05, 0) is 35.7 Å². The van der Waals surface area contributed by atoms with Crippen LogP contribution in [0, 0.1) is 0 Å². The number of carbonyl (C=O) groups is 1. The molecule has 4 aromatic rings. The molecular formula is C21H20N6O. The standard InChI is InChI=1S/C21H20N6O/c1-14(11-20-26-23-13-27(20)2)16-9-10-22-19(12-16)25-21(28)18-8-7-15-5-3-4-6-17(15)24-18/h3-10,12-14H,11H2,1-2H3,(H,22,25,28)/t14-/m1/s1. The van der Waals surface area contributed by atoms with Crippen molar-refractivity contribution in [3.05, 3.63) is 78.1 Å². The van der Waals surface area contributed by atoms with Gasteiger partial charge in [-0.25, -0.2) is 9.97 Å². The minimum Gasteiger partial charge on any atom is -0.321 e. The van der Waals surface area contributed by atoms with E-state index in [9.17, 15) is 4.79 Å². The average Bonchev–Trinajstić information content (AvgIpc) is 3.12. The molecule has 0 radical (unpaired) electrons. The number of aromatic nitrogens is 5. The van der Waals surface area contributed by atoms with Crippen LogP contribution in [0.1, 0.15) is 34.7 Å². The Morgan fingerprint density at radius 3 is 2.86 bits per heavy atom. The smallest absolute Gasteiger partial charge is 0.275 e. The number of benzene rings is 1. The molecule has 28 heavy (non-hydrogen) atoms. The Morgan fingerprint density at radius 1 is 1.18 bits per heavy atom. The van der Waals surface area contributed by atoms with Gasteiger partial charge in [0.15, 0.2) is 0 Å². The molecule has 0 saturated carbocycles. The van der Waals surface area contributed by atoms with Gasteiger partial charge in [-0.1, -0.05) is 31.2 Å². The lowest BCUT2D eigenvalue weighted by molar-refractivity contribution is 0.102. The van der Waals surface area contributed by atoms with Gasteiger partial charge in [-0.15, -0.1) is 10.2 Å². The number of rotatable bonds is 5. The number of fused-ring (bicyclic) bond motifs is 1. The molecule has 0 fully saturated rings. The van der Waals surface area contributed by atoms with Crippen molar-refractivity contribution in [1.82, 2.24) is 24.7 Å². The van der Waals surface area contributed by atoms with Crippen molar-refractivity contribution < 1.29 is 4.79 Å². The van der Waals surface area contributed by atoms with Crippen molar-refractivity contribution in [3.8, 4) is 0 Å². The maximum absolute atomic E-state index is 12.6. The van der Waals surface area contributed by atoms with E-state index in [1.54, 1.807) is 18.6 Å². The van der Waals surface area contributed by atoms with Crippen LogP contribution in [0.3, 0.4) is 0 Å². The SMILES string of the molecule is C[C@H](Cc1nncn1C)c1ccnc(NC(=O)c2ccc3ccccc3n2)c1. The number of anilines is 1. The van der Waals surface area contributed by atoms with Gasteiger partial charge < -0.3 is 9.88 Å². The molecule has 3 aromatic heterocycles. The van der Waals surface area contributed by atoms with Gasteiger partial charge in [-0.2, -0.15) is 0 Å². The molecule has 7 nitrogen and oxygen atoms in total. The van der Waals surface area contributed by atoms with Crippen molar-refractivity contribution in [3.63, 3.8) is 0 Å². The molecule has 1 atom stereocenters. The summed E-state index contributed by atoms with van der Waals surface area (Å²) in [7, 11) is 1.93. The third-order valence-corrected chi connectivity index (χ3v) is 4.72. The normalized spacial score (nSPS) is 12.1. The third kappa shape index (κ3) is 3.73. The summed E-state index contributed by atoms with van der Waals surface area (Å²) >= 11 is 0. The van der Waals surface area contributed by atoms with E-state index >= 15 is 0 Å². The number of pyridine rings is 2. The molecule has 0 bridgehead atoms. The van der Waals surface area contributed by atoms with Crippen LogP contribution in [0.15, 0.2) is 61.1 Å². The third-order valence-electron chi connectivity index (χ3n) is 4.72. The van der Waals surface area contributed by atoms with E-state index in [0.29, 0.717) is 11.5 Å². The lowest BCUT2D eigenvalue weighted by Crippen LogP contribution is -2.15. The van der Waals surface area contributed by atoms with E-state index in [-0.39, 0.29) is 11.8 Å². The first kappa shape index (κ1) is 17.8. The fraction of sp³-hybridized carbons (Fsp3) is 0.190. The molecule has 3 heterocycles. The first-order chi connectivity index (χ1) is 13.6. The van der Waals surface area contributed by atoms with Gasteiger partial charge in [0.1, 0.15) is 23.7 Å². The molecule has 4 rings (SSSR count). The molecule has 0 unspecified atom stereocenters. The maximum atomic E-state index is 12.6. The van der Waals surface area contributed by atoms with E-state index in [4.69, 9.17) is 0 Å². The fourth-order valence-corrected chi connectivity index (χ4v) is 3.08. The van der Waals surface area contributed by atoms with Crippen LogP contribution >= 0.6 is 0 Å². The zero-order valence-electron chi connectivity index (χ0n) is 15.7. The number of amides is 1. The van der Waals surface area contributed by atoms with Crippen molar-refractivity contribution in [2.24, 2.45) is 7.05 Å². The number of para-hydroxylation sites is 1. The minimum absolute atomic E-state index is 0.209. The summed E-state index contributed by atoms with van der Waals surface area (Å²) in [4.78, 5) is 21.3. The number of hydrogen-bond donors (Lipinski definition) is 1. The highest BCUT2D eigenvalue weighted by molar-refractivity contribution is 6.03. The second-order valence-electron chi connectivity index (χ2n) is 6.78. The van der Waals surface area contributed by atoms with Crippen LogP contribution in [0.4, 0.5) is 5.82 Å². The lowest BCUT2D eigenvalue weighted by Gasteiger charge is -2.12. The fourth-order valence-electron chi connectivity index (χ4n) is 3.08. The molecule has 1 aromatic carbocycles. The first-order valence-corrected chi connectivity index (χ1v) is 9.06. The Balaban J connectivity index is 1.50. The van der Waals surface area contributed by atoms with Gasteiger partial charge in [0.25, 0.3) is 5.91 Å². The van der Waals surface area contributed by atoms with E-state index < -0.39 is 0 Å². The van der Waals surface area contributed by atoms with Gasteiger partial charge in [0.05, 0.1) is 5.52 Å². The van der Waals surface area contributed by atoms with E-state index in [1.807, 2.05) is 54.1 Å². The number of nitrogens with zero attached hydrogens (tertiary/aromatic N) is 5. The average molecular weight is 372 g/mol. The molecule has 7 heteroatoms. The minimum atomic E-state index is -0.281. The first-order valence-electron chi connectivity index (χ1n) is 9.06. The van der Waals surface area contributed by atoms with E-state index in [1.165, 1.54) is 0 Å². The van der Waals surface area contributed by atoms with Crippen molar-refractivity contribution in [2.75, 3.05) is 5.32 Å². The Labute approximate surface area is 162 Å². The Morgan fingerprint density at radius 2 is 2.04 bits per heavy atom. The molecule has 1 N–H and O–H groups in total. The molecule has 0 saturated heterocycles. The van der Waals surface area contributed by atoms with Crippen LogP contribution in [0.5, 0.6) is 0 Å². The zero-order valence-corrected chi connectivity index (χ0v) is 15.7. The van der Waals surface area contributed by atoms with Gasteiger partial charge >= 0.3 is 0 Å². The largest absolute Gasteiger partial charge is 0.321 e. The molecule has 0 aliphatic heterocycles. The van der Waals surface area contributed by atoms with Crippen molar-refractivity contribution >= 4 is 22.6 Å².